The molecule has 1 aromatic heterocycles. The molecule has 0 unspecified atom stereocenters. The normalized spacial score (nSPS) is 9.92. The second-order valence-electron chi connectivity index (χ2n) is 2.69. The predicted octanol–water partition coefficient (Wildman–Crippen LogP) is 3.40. The Hall–Kier alpha value is -1.34. The van der Waals surface area contributed by atoms with Crippen molar-refractivity contribution in [2.24, 2.45) is 0 Å². The molecule has 0 aliphatic heterocycles. The fraction of sp³-hybridized carbons (Fsp3) is 0. The molecule has 64 valence electrons. The SMILES string of the molecule is Clc1ccccc1-c1ccccn1. The smallest absolute Gasteiger partial charge is 0.0716 e. The van der Waals surface area contributed by atoms with Crippen molar-refractivity contribution in [2.45, 2.75) is 0 Å². The topological polar surface area (TPSA) is 12.9 Å². The molecule has 0 spiro atoms. The maximum Gasteiger partial charge on any atom is 0.0716 e. The second kappa shape index (κ2) is 3.58. The van der Waals surface area contributed by atoms with Crippen molar-refractivity contribution in [3.8, 4) is 11.3 Å². The Labute approximate surface area is 82.0 Å². The number of rotatable bonds is 1. The van der Waals surface area contributed by atoms with Crippen molar-refractivity contribution in [3.63, 3.8) is 0 Å². The molecule has 1 aromatic carbocycles. The van der Waals surface area contributed by atoms with Crippen LogP contribution in [0.3, 0.4) is 0 Å². The molecule has 2 rings (SSSR count). The molecular weight excluding hydrogens is 182 g/mol. The minimum Gasteiger partial charge on any atom is -0.256 e. The molecule has 1 nitrogen and oxygen atoms in total. The van der Waals surface area contributed by atoms with E-state index in [1.165, 1.54) is 0 Å². The lowest BCUT2D eigenvalue weighted by Crippen LogP contribution is -1.81. The van der Waals surface area contributed by atoms with Gasteiger partial charge >= 0.3 is 0 Å². The molecule has 0 bridgehead atoms. The monoisotopic (exact) mass is 189 g/mol. The van der Waals surface area contributed by atoms with Gasteiger partial charge in [-0.3, -0.25) is 4.98 Å². The Morgan fingerprint density at radius 2 is 1.69 bits per heavy atom. The third-order valence-electron chi connectivity index (χ3n) is 1.81. The largest absolute Gasteiger partial charge is 0.256 e. The van der Waals surface area contributed by atoms with E-state index < -0.39 is 0 Å². The summed E-state index contributed by atoms with van der Waals surface area (Å²) in [6, 6.07) is 13.5. The minimum atomic E-state index is 0.737. The molecule has 0 saturated heterocycles. The lowest BCUT2D eigenvalue weighted by molar-refractivity contribution is 1.33. The van der Waals surface area contributed by atoms with Crippen LogP contribution in [0.2, 0.25) is 5.02 Å². The Balaban J connectivity index is 2.54. The molecule has 13 heavy (non-hydrogen) atoms. The molecule has 0 fully saturated rings. The third-order valence-corrected chi connectivity index (χ3v) is 2.14. The zero-order valence-corrected chi connectivity index (χ0v) is 7.70. The van der Waals surface area contributed by atoms with E-state index in [-0.39, 0.29) is 0 Å². The maximum atomic E-state index is 6.02. The Bertz CT molecular complexity index is 398. The fourth-order valence-electron chi connectivity index (χ4n) is 1.19. The number of nitrogens with zero attached hydrogens (tertiary/aromatic N) is 1. The molecule has 0 amide bonds. The summed E-state index contributed by atoms with van der Waals surface area (Å²) < 4.78 is 0. The van der Waals surface area contributed by atoms with Crippen molar-refractivity contribution in [2.75, 3.05) is 0 Å². The van der Waals surface area contributed by atoms with Crippen molar-refractivity contribution in [1.29, 1.82) is 0 Å². The van der Waals surface area contributed by atoms with Gasteiger partial charge in [-0.05, 0) is 18.2 Å². The molecule has 2 aromatic rings. The van der Waals surface area contributed by atoms with Gasteiger partial charge < -0.3 is 0 Å². The highest BCUT2D eigenvalue weighted by atomic mass is 35.5. The standard InChI is InChI=1S/C11H8ClN/c12-10-6-2-1-5-9(10)11-7-3-4-8-13-11/h1-8H. The summed E-state index contributed by atoms with van der Waals surface area (Å²) in [6.45, 7) is 0. The van der Waals surface area contributed by atoms with E-state index in [9.17, 15) is 0 Å². The van der Waals surface area contributed by atoms with Crippen LogP contribution in [0.25, 0.3) is 11.3 Å². The molecule has 2 heteroatoms. The molecule has 0 saturated carbocycles. The predicted molar refractivity (Wildman–Crippen MR) is 54.7 cm³/mol. The average Bonchev–Trinajstić information content (AvgIpc) is 2.20. The summed E-state index contributed by atoms with van der Waals surface area (Å²) in [5.74, 6) is 0. The van der Waals surface area contributed by atoms with Crippen molar-refractivity contribution in [1.82, 2.24) is 4.98 Å². The van der Waals surface area contributed by atoms with Gasteiger partial charge in [-0.25, -0.2) is 0 Å². The Morgan fingerprint density at radius 3 is 2.38 bits per heavy atom. The number of hydrogen-bond donors (Lipinski definition) is 0. The Kier molecular flexibility index (Phi) is 2.28. The number of halogens is 1. The maximum absolute atomic E-state index is 6.02. The first-order valence-electron chi connectivity index (χ1n) is 4.04. The lowest BCUT2D eigenvalue weighted by Gasteiger charge is -2.01. The van der Waals surface area contributed by atoms with Gasteiger partial charge in [-0.2, -0.15) is 0 Å². The second-order valence-corrected chi connectivity index (χ2v) is 3.10. The van der Waals surface area contributed by atoms with E-state index in [1.54, 1.807) is 6.20 Å². The van der Waals surface area contributed by atoms with Crippen LogP contribution in [0.4, 0.5) is 0 Å². The first-order chi connectivity index (χ1) is 6.38. The molecule has 0 radical (unpaired) electrons. The molecule has 0 aliphatic carbocycles. The quantitative estimate of drug-likeness (QED) is 0.670. The highest BCUT2D eigenvalue weighted by Crippen LogP contribution is 2.24. The van der Waals surface area contributed by atoms with Crippen LogP contribution in [0.5, 0.6) is 0 Å². The van der Waals surface area contributed by atoms with E-state index >= 15 is 0 Å². The van der Waals surface area contributed by atoms with Gasteiger partial charge in [0.25, 0.3) is 0 Å². The summed E-state index contributed by atoms with van der Waals surface area (Å²) in [7, 11) is 0. The molecular formula is C11H8ClN. The van der Waals surface area contributed by atoms with Crippen molar-refractivity contribution >= 4 is 11.6 Å². The van der Waals surface area contributed by atoms with E-state index in [0.717, 1.165) is 16.3 Å². The van der Waals surface area contributed by atoms with E-state index in [4.69, 9.17) is 11.6 Å². The van der Waals surface area contributed by atoms with Gasteiger partial charge in [0.2, 0.25) is 0 Å². The fourth-order valence-corrected chi connectivity index (χ4v) is 1.42. The number of aromatic nitrogens is 1. The third kappa shape index (κ3) is 1.70. The van der Waals surface area contributed by atoms with Crippen LogP contribution in [0, 0.1) is 0 Å². The lowest BCUT2D eigenvalue weighted by atomic mass is 10.1. The number of pyridine rings is 1. The van der Waals surface area contributed by atoms with Crippen LogP contribution >= 0.6 is 11.6 Å². The molecule has 0 atom stereocenters. The number of benzene rings is 1. The zero-order chi connectivity index (χ0) is 9.10. The van der Waals surface area contributed by atoms with Crippen LogP contribution in [-0.2, 0) is 0 Å². The summed E-state index contributed by atoms with van der Waals surface area (Å²) >= 11 is 6.02. The summed E-state index contributed by atoms with van der Waals surface area (Å²) in [5, 5.41) is 0.737. The first kappa shape index (κ1) is 8.27. The highest BCUT2D eigenvalue weighted by Gasteiger charge is 2.01. The molecule has 0 aliphatic rings. The summed E-state index contributed by atoms with van der Waals surface area (Å²) in [4.78, 5) is 4.23. The van der Waals surface area contributed by atoms with E-state index in [2.05, 4.69) is 4.98 Å². The van der Waals surface area contributed by atoms with Crippen LogP contribution in [0.15, 0.2) is 48.7 Å². The Morgan fingerprint density at radius 1 is 0.923 bits per heavy atom. The van der Waals surface area contributed by atoms with Crippen molar-refractivity contribution < 1.29 is 0 Å². The van der Waals surface area contributed by atoms with Gasteiger partial charge in [0.1, 0.15) is 0 Å². The van der Waals surface area contributed by atoms with Crippen molar-refractivity contribution in [3.05, 3.63) is 53.7 Å². The van der Waals surface area contributed by atoms with Crippen LogP contribution < -0.4 is 0 Å². The molecule has 0 N–H and O–H groups in total. The van der Waals surface area contributed by atoms with Crippen LogP contribution in [-0.4, -0.2) is 4.98 Å². The van der Waals surface area contributed by atoms with Gasteiger partial charge in [0.05, 0.1) is 5.69 Å². The van der Waals surface area contributed by atoms with Gasteiger partial charge in [-0.1, -0.05) is 35.9 Å². The average molecular weight is 190 g/mol. The van der Waals surface area contributed by atoms with Gasteiger partial charge in [0.15, 0.2) is 0 Å². The van der Waals surface area contributed by atoms with E-state index in [0.29, 0.717) is 0 Å². The highest BCUT2D eigenvalue weighted by molar-refractivity contribution is 6.33. The molecule has 1 heterocycles. The summed E-state index contributed by atoms with van der Waals surface area (Å²) in [6.07, 6.45) is 1.76. The van der Waals surface area contributed by atoms with E-state index in [1.807, 2.05) is 42.5 Å². The van der Waals surface area contributed by atoms with Gasteiger partial charge in [-0.15, -0.1) is 0 Å². The minimum absolute atomic E-state index is 0.737. The zero-order valence-electron chi connectivity index (χ0n) is 6.94. The van der Waals surface area contributed by atoms with Gasteiger partial charge in [0, 0.05) is 16.8 Å². The number of hydrogen-bond acceptors (Lipinski definition) is 1. The van der Waals surface area contributed by atoms with Crippen LogP contribution in [0.1, 0.15) is 0 Å². The first-order valence-corrected chi connectivity index (χ1v) is 4.41. The summed E-state index contributed by atoms with van der Waals surface area (Å²) in [5.41, 5.74) is 1.89.